The summed E-state index contributed by atoms with van der Waals surface area (Å²) in [7, 11) is 0. The van der Waals surface area contributed by atoms with Gasteiger partial charge in [-0.1, -0.05) is 12.1 Å². The molecule has 0 aromatic heterocycles. The number of hydrogen-bond acceptors (Lipinski definition) is 9. The summed E-state index contributed by atoms with van der Waals surface area (Å²) < 4.78 is 0. The van der Waals surface area contributed by atoms with Crippen molar-refractivity contribution >= 4 is 36.3 Å². The lowest BCUT2D eigenvalue weighted by Crippen LogP contribution is -2.57. The van der Waals surface area contributed by atoms with Crippen LogP contribution in [0.1, 0.15) is 44.1 Å². The number of carboxylic acids is 1. The van der Waals surface area contributed by atoms with Crippen molar-refractivity contribution in [1.82, 2.24) is 16.0 Å². The minimum atomic E-state index is -1.26. The van der Waals surface area contributed by atoms with Gasteiger partial charge in [0, 0.05) is 12.2 Å². The van der Waals surface area contributed by atoms with E-state index in [2.05, 4.69) is 28.6 Å². The maximum absolute atomic E-state index is 13.1. The number of amides is 3. The van der Waals surface area contributed by atoms with Crippen LogP contribution in [0.25, 0.3) is 0 Å². The van der Waals surface area contributed by atoms with E-state index in [1.807, 2.05) is 0 Å². The summed E-state index contributed by atoms with van der Waals surface area (Å²) in [6, 6.07) is 1.78. The van der Waals surface area contributed by atoms with Crippen LogP contribution < -0.4 is 33.2 Å². The monoisotopic (exact) mass is 540 g/mol. The molecule has 0 heterocycles. The van der Waals surface area contributed by atoms with E-state index < -0.39 is 47.9 Å². The number of nitrogens with one attached hydrogen (secondary N) is 3. The first-order valence-corrected chi connectivity index (χ1v) is 12.9. The minimum Gasteiger partial charge on any atom is -0.508 e. The highest BCUT2D eigenvalue weighted by Crippen LogP contribution is 2.12. The number of nitrogens with two attached hydrogens (primary N) is 3. The van der Waals surface area contributed by atoms with Crippen LogP contribution in [0.3, 0.4) is 0 Å². The number of carbonyl (C=O) groups is 4. The van der Waals surface area contributed by atoms with Gasteiger partial charge in [-0.15, -0.1) is 0 Å². The fourth-order valence-corrected chi connectivity index (χ4v) is 3.66. The van der Waals surface area contributed by atoms with Gasteiger partial charge >= 0.3 is 5.97 Å². The van der Waals surface area contributed by atoms with Crippen LogP contribution in [-0.4, -0.2) is 76.9 Å². The molecule has 0 aliphatic rings. The standard InChI is InChI=1S/C24H40N6O6S/c25-11-3-1-5-18(28-21(32)17(27)14-37)22(33)29-19(6-2-4-12-26)23(34)30-20(24(35)36)13-15-7-9-16(31)10-8-15/h7-10,17-20,31,37H,1-6,11-14,25-27H2,(H,28,32)(H,29,33)(H,30,34)(H,35,36). The van der Waals surface area contributed by atoms with Crippen LogP contribution in [0.5, 0.6) is 5.75 Å². The summed E-state index contributed by atoms with van der Waals surface area (Å²) in [4.78, 5) is 50.3. The maximum Gasteiger partial charge on any atom is 0.326 e. The lowest BCUT2D eigenvalue weighted by atomic mass is 10.0. The van der Waals surface area contributed by atoms with Crippen molar-refractivity contribution in [1.29, 1.82) is 0 Å². The Morgan fingerprint density at radius 3 is 1.68 bits per heavy atom. The third-order valence-corrected chi connectivity index (χ3v) is 6.08. The van der Waals surface area contributed by atoms with E-state index in [0.717, 1.165) is 0 Å². The van der Waals surface area contributed by atoms with Crippen molar-refractivity contribution in [2.24, 2.45) is 17.2 Å². The summed E-state index contributed by atoms with van der Waals surface area (Å²) in [5.41, 5.74) is 17.4. The highest BCUT2D eigenvalue weighted by molar-refractivity contribution is 7.80. The molecule has 0 fully saturated rings. The molecule has 0 saturated carbocycles. The molecule has 0 bridgehead atoms. The van der Waals surface area contributed by atoms with Gasteiger partial charge in [0.15, 0.2) is 0 Å². The second kappa shape index (κ2) is 17.6. The minimum absolute atomic E-state index is 0.0236. The number of benzene rings is 1. The van der Waals surface area contributed by atoms with E-state index in [1.165, 1.54) is 12.1 Å². The first-order chi connectivity index (χ1) is 17.6. The molecule has 13 heteroatoms. The van der Waals surface area contributed by atoms with Gasteiger partial charge in [0.05, 0.1) is 6.04 Å². The number of phenols is 1. The molecule has 1 aromatic rings. The first-order valence-electron chi connectivity index (χ1n) is 12.3. The molecule has 208 valence electrons. The second-order valence-corrected chi connectivity index (χ2v) is 9.12. The number of hydrogen-bond donors (Lipinski definition) is 9. The Hall–Kier alpha value is -2.87. The summed E-state index contributed by atoms with van der Waals surface area (Å²) in [6.07, 6.45) is 2.79. The van der Waals surface area contributed by atoms with Crippen molar-refractivity contribution in [3.05, 3.63) is 29.8 Å². The molecule has 4 atom stereocenters. The molecule has 11 N–H and O–H groups in total. The summed E-state index contributed by atoms with van der Waals surface area (Å²) >= 11 is 4.01. The third kappa shape index (κ3) is 12.3. The van der Waals surface area contributed by atoms with Crippen molar-refractivity contribution in [2.75, 3.05) is 18.8 Å². The summed E-state index contributed by atoms with van der Waals surface area (Å²) in [5, 5.41) is 26.8. The number of rotatable bonds is 18. The van der Waals surface area contributed by atoms with Crippen molar-refractivity contribution in [3.63, 3.8) is 0 Å². The lowest BCUT2D eigenvalue weighted by molar-refractivity contribution is -0.142. The van der Waals surface area contributed by atoms with E-state index in [-0.39, 0.29) is 30.8 Å². The average molecular weight is 541 g/mol. The Kier molecular flexibility index (Phi) is 15.3. The van der Waals surface area contributed by atoms with Crippen molar-refractivity contribution in [2.45, 2.75) is 69.1 Å². The zero-order valence-electron chi connectivity index (χ0n) is 20.9. The number of thiol groups is 1. The van der Waals surface area contributed by atoms with Gasteiger partial charge in [0.1, 0.15) is 23.9 Å². The average Bonchev–Trinajstić information content (AvgIpc) is 2.87. The third-order valence-electron chi connectivity index (χ3n) is 5.68. The Morgan fingerprint density at radius 1 is 0.784 bits per heavy atom. The molecule has 1 rings (SSSR count). The topological polar surface area (TPSA) is 223 Å². The number of aliphatic carboxylic acids is 1. The second-order valence-electron chi connectivity index (χ2n) is 8.75. The van der Waals surface area contributed by atoms with Gasteiger partial charge in [-0.25, -0.2) is 4.79 Å². The van der Waals surface area contributed by atoms with Gasteiger partial charge < -0.3 is 43.4 Å². The summed E-state index contributed by atoms with van der Waals surface area (Å²) in [5.74, 6) is -2.94. The number of carboxylic acid groups (broad SMARTS) is 1. The lowest BCUT2D eigenvalue weighted by Gasteiger charge is -2.25. The summed E-state index contributed by atoms with van der Waals surface area (Å²) in [6.45, 7) is 0.806. The molecule has 0 aliphatic heterocycles. The molecule has 0 saturated heterocycles. The molecular weight excluding hydrogens is 500 g/mol. The molecule has 0 radical (unpaired) electrons. The maximum atomic E-state index is 13.1. The highest BCUT2D eigenvalue weighted by Gasteiger charge is 2.30. The fraction of sp³-hybridized carbons (Fsp3) is 0.583. The van der Waals surface area contributed by atoms with Gasteiger partial charge in [-0.3, -0.25) is 14.4 Å². The van der Waals surface area contributed by atoms with Crippen LogP contribution in [0.15, 0.2) is 24.3 Å². The normalized spacial score (nSPS) is 14.2. The van der Waals surface area contributed by atoms with E-state index in [4.69, 9.17) is 17.2 Å². The number of unbranched alkanes of at least 4 members (excludes halogenated alkanes) is 2. The Morgan fingerprint density at radius 2 is 1.24 bits per heavy atom. The fourth-order valence-electron chi connectivity index (χ4n) is 3.50. The predicted octanol–water partition coefficient (Wildman–Crippen LogP) is -1.01. The molecule has 0 aliphatic carbocycles. The Balaban J connectivity index is 3.00. The van der Waals surface area contributed by atoms with Gasteiger partial charge in [-0.2, -0.15) is 12.6 Å². The molecule has 0 spiro atoms. The van der Waals surface area contributed by atoms with Crippen LogP contribution in [0.2, 0.25) is 0 Å². The predicted molar refractivity (Wildman–Crippen MR) is 143 cm³/mol. The number of phenolic OH excluding ortho intramolecular Hbond substituents is 1. The SMILES string of the molecule is NCCCCC(NC(=O)C(N)CS)C(=O)NC(CCCCN)C(=O)NC(Cc1ccc(O)cc1)C(=O)O. The quantitative estimate of drug-likeness (QED) is 0.0820. The van der Waals surface area contributed by atoms with E-state index in [9.17, 15) is 29.4 Å². The Labute approximate surface area is 222 Å². The number of aromatic hydroxyl groups is 1. The molecule has 37 heavy (non-hydrogen) atoms. The largest absolute Gasteiger partial charge is 0.508 e. The van der Waals surface area contributed by atoms with Crippen molar-refractivity contribution in [3.8, 4) is 5.75 Å². The number of carbonyl (C=O) groups excluding carboxylic acids is 3. The van der Waals surface area contributed by atoms with Gasteiger partial charge in [0.25, 0.3) is 0 Å². The van der Waals surface area contributed by atoms with E-state index in [1.54, 1.807) is 12.1 Å². The van der Waals surface area contributed by atoms with Crippen LogP contribution in [0, 0.1) is 0 Å². The Bertz CT molecular complexity index is 872. The first kappa shape index (κ1) is 32.2. The van der Waals surface area contributed by atoms with Crippen molar-refractivity contribution < 1.29 is 29.4 Å². The van der Waals surface area contributed by atoms with E-state index >= 15 is 0 Å². The van der Waals surface area contributed by atoms with Crippen LogP contribution >= 0.6 is 12.6 Å². The van der Waals surface area contributed by atoms with Gasteiger partial charge in [0.2, 0.25) is 17.7 Å². The van der Waals surface area contributed by atoms with E-state index in [0.29, 0.717) is 44.3 Å². The van der Waals surface area contributed by atoms with Crippen LogP contribution in [-0.2, 0) is 25.6 Å². The highest BCUT2D eigenvalue weighted by atomic mass is 32.1. The van der Waals surface area contributed by atoms with Gasteiger partial charge in [-0.05, 0) is 69.3 Å². The van der Waals surface area contributed by atoms with Crippen LogP contribution in [0.4, 0.5) is 0 Å². The molecular formula is C24H40N6O6S. The molecule has 4 unspecified atom stereocenters. The zero-order valence-corrected chi connectivity index (χ0v) is 21.8. The molecule has 1 aromatic carbocycles. The molecule has 3 amide bonds. The zero-order chi connectivity index (χ0) is 27.8. The smallest absolute Gasteiger partial charge is 0.326 e. The molecule has 12 nitrogen and oxygen atoms in total.